The summed E-state index contributed by atoms with van der Waals surface area (Å²) in [5, 5.41) is 5.01. The number of carbonyl (C=O) groups excluding carboxylic acids is 2. The second-order valence-corrected chi connectivity index (χ2v) is 10.9. The van der Waals surface area contributed by atoms with Crippen LogP contribution in [0.2, 0.25) is 0 Å². The van der Waals surface area contributed by atoms with Gasteiger partial charge in [0, 0.05) is 6.42 Å². The van der Waals surface area contributed by atoms with Crippen molar-refractivity contribution >= 4 is 22.1 Å². The van der Waals surface area contributed by atoms with Gasteiger partial charge in [0.2, 0.25) is 11.8 Å². The van der Waals surface area contributed by atoms with E-state index >= 15 is 0 Å². The number of piperidine rings is 1. The third-order valence-corrected chi connectivity index (χ3v) is 8.34. The number of nitrogens with two attached hydrogens (primary N) is 1. The lowest BCUT2D eigenvalue weighted by Gasteiger charge is -2.54. The van der Waals surface area contributed by atoms with Gasteiger partial charge in [0.25, 0.3) is 0 Å². The second kappa shape index (κ2) is 7.95. The molecule has 1 saturated carbocycles. The van der Waals surface area contributed by atoms with Crippen LogP contribution in [0, 0.1) is 17.3 Å². The maximum absolute atomic E-state index is 13.6. The van der Waals surface area contributed by atoms with Crippen LogP contribution in [0.15, 0.2) is 48.5 Å². The van der Waals surface area contributed by atoms with Gasteiger partial charge in [-0.3, -0.25) is 14.5 Å². The van der Waals surface area contributed by atoms with Crippen LogP contribution in [-0.4, -0.2) is 25.1 Å². The Hall–Kier alpha value is -2.71. The Kier molecular flexibility index (Phi) is 5.33. The van der Waals surface area contributed by atoms with Gasteiger partial charge in [0.1, 0.15) is 5.75 Å². The minimum atomic E-state index is -4.07. The van der Waals surface area contributed by atoms with E-state index < -0.39 is 15.7 Å². The molecule has 2 aliphatic carbocycles. The number of likely N-dealkylation sites (tertiary alicyclic amines) is 1. The van der Waals surface area contributed by atoms with Crippen molar-refractivity contribution in [2.45, 2.75) is 51.5 Å². The first kappa shape index (κ1) is 22.1. The molecule has 1 aliphatic heterocycles. The Bertz CT molecular complexity index is 1210. The van der Waals surface area contributed by atoms with E-state index in [1.54, 1.807) is 12.1 Å². The minimum absolute atomic E-state index is 0.0109. The van der Waals surface area contributed by atoms with Crippen LogP contribution in [0.25, 0.3) is 0 Å². The maximum Gasteiger partial charge on any atom is 0.380 e. The molecule has 174 valence electrons. The molecular formula is C25H28N2O5S. The van der Waals surface area contributed by atoms with Crippen molar-refractivity contribution in [3.63, 3.8) is 0 Å². The highest BCUT2D eigenvalue weighted by molar-refractivity contribution is 7.84. The standard InChI is InChI=1S/C25H28N2O5S/c1-25-12-11-20-19-10-8-18(32-33(26,30)31)13-17(19)7-9-21(20)22(25)14-23(28)27(24(25)29)15-16-5-3-2-4-6-16/h2-6,8,10,13,20-22H,7,9,11-12,14-15H2,1H3,(H2,26,30,31)/t20?,21?,22?,25-/m0/s1. The molecule has 2 amide bonds. The maximum atomic E-state index is 13.6. The lowest BCUT2D eigenvalue weighted by atomic mass is 9.52. The van der Waals surface area contributed by atoms with Crippen molar-refractivity contribution < 1.29 is 22.2 Å². The Balaban J connectivity index is 1.40. The van der Waals surface area contributed by atoms with Gasteiger partial charge in [-0.25, -0.2) is 0 Å². The average molecular weight is 469 g/mol. The van der Waals surface area contributed by atoms with Crippen LogP contribution >= 0.6 is 0 Å². The molecule has 3 aliphatic rings. The van der Waals surface area contributed by atoms with E-state index in [1.807, 2.05) is 43.3 Å². The van der Waals surface area contributed by atoms with Crippen LogP contribution < -0.4 is 9.32 Å². The van der Waals surface area contributed by atoms with Crippen LogP contribution in [0.1, 0.15) is 55.2 Å². The number of carbonyl (C=O) groups is 2. The summed E-state index contributed by atoms with van der Waals surface area (Å²) in [5.41, 5.74) is 2.64. The average Bonchev–Trinajstić information content (AvgIpc) is 2.77. The Morgan fingerprint density at radius 1 is 1.12 bits per heavy atom. The molecule has 2 aromatic carbocycles. The highest BCUT2D eigenvalue weighted by atomic mass is 32.2. The largest absolute Gasteiger partial charge is 0.380 e. The smallest absolute Gasteiger partial charge is 0.371 e. The predicted octanol–water partition coefficient (Wildman–Crippen LogP) is 3.29. The van der Waals surface area contributed by atoms with Crippen LogP contribution in [0.4, 0.5) is 0 Å². The molecule has 3 unspecified atom stereocenters. The normalized spacial score (nSPS) is 29.2. The first-order valence-electron chi connectivity index (χ1n) is 11.4. The van der Waals surface area contributed by atoms with Gasteiger partial charge < -0.3 is 4.18 Å². The van der Waals surface area contributed by atoms with Crippen LogP contribution in [0.5, 0.6) is 5.75 Å². The fourth-order valence-electron chi connectivity index (χ4n) is 6.35. The number of rotatable bonds is 4. The predicted molar refractivity (Wildman–Crippen MR) is 122 cm³/mol. The molecule has 7 nitrogen and oxygen atoms in total. The van der Waals surface area contributed by atoms with Gasteiger partial charge in [0.15, 0.2) is 0 Å². The van der Waals surface area contributed by atoms with Gasteiger partial charge in [-0.05, 0) is 72.3 Å². The van der Waals surface area contributed by atoms with Gasteiger partial charge in [-0.2, -0.15) is 13.6 Å². The van der Waals surface area contributed by atoms with E-state index in [2.05, 4.69) is 0 Å². The molecule has 0 bridgehead atoms. The Labute approximate surface area is 194 Å². The molecule has 0 spiro atoms. The van der Waals surface area contributed by atoms with Gasteiger partial charge >= 0.3 is 10.3 Å². The summed E-state index contributed by atoms with van der Waals surface area (Å²) in [6.07, 6.45) is 3.58. The van der Waals surface area contributed by atoms with E-state index in [0.29, 0.717) is 13.0 Å². The monoisotopic (exact) mass is 468 g/mol. The van der Waals surface area contributed by atoms with E-state index in [1.165, 1.54) is 10.5 Å². The van der Waals surface area contributed by atoms with Gasteiger partial charge in [-0.1, -0.05) is 43.3 Å². The molecule has 2 aromatic rings. The zero-order chi connectivity index (χ0) is 23.4. The van der Waals surface area contributed by atoms with Gasteiger partial charge in [-0.15, -0.1) is 0 Å². The van der Waals surface area contributed by atoms with E-state index in [4.69, 9.17) is 9.32 Å². The first-order chi connectivity index (χ1) is 15.7. The van der Waals surface area contributed by atoms with Crippen LogP contribution in [-0.2, 0) is 32.9 Å². The number of hydrogen-bond acceptors (Lipinski definition) is 5. The molecule has 33 heavy (non-hydrogen) atoms. The Morgan fingerprint density at radius 3 is 2.61 bits per heavy atom. The first-order valence-corrected chi connectivity index (χ1v) is 12.9. The number of aryl methyl sites for hydroxylation is 1. The lowest BCUT2D eigenvalue weighted by Crippen LogP contribution is -2.58. The molecular weight excluding hydrogens is 440 g/mol. The highest BCUT2D eigenvalue weighted by Gasteiger charge is 2.57. The van der Waals surface area contributed by atoms with Crippen molar-refractivity contribution in [3.8, 4) is 5.75 Å². The molecule has 5 rings (SSSR count). The zero-order valence-electron chi connectivity index (χ0n) is 18.6. The van der Waals surface area contributed by atoms with E-state index in [0.717, 1.165) is 36.8 Å². The fraction of sp³-hybridized carbons (Fsp3) is 0.440. The summed E-state index contributed by atoms with van der Waals surface area (Å²) < 4.78 is 27.4. The molecule has 8 heteroatoms. The van der Waals surface area contributed by atoms with Crippen molar-refractivity contribution in [2.75, 3.05) is 0 Å². The number of benzene rings is 2. The van der Waals surface area contributed by atoms with Crippen molar-refractivity contribution in [2.24, 2.45) is 22.4 Å². The zero-order valence-corrected chi connectivity index (χ0v) is 19.4. The summed E-state index contributed by atoms with van der Waals surface area (Å²) in [5.74, 6) is 0.583. The summed E-state index contributed by atoms with van der Waals surface area (Å²) >= 11 is 0. The summed E-state index contributed by atoms with van der Waals surface area (Å²) in [4.78, 5) is 28.2. The number of hydrogen-bond donors (Lipinski definition) is 1. The molecule has 4 atom stereocenters. The number of amides is 2. The highest BCUT2D eigenvalue weighted by Crippen LogP contribution is 2.58. The topological polar surface area (TPSA) is 107 Å². The number of fused-ring (bicyclic) bond motifs is 5. The summed E-state index contributed by atoms with van der Waals surface area (Å²) in [6, 6.07) is 15.0. The second-order valence-electron chi connectivity index (χ2n) is 9.78. The molecule has 2 N–H and O–H groups in total. The van der Waals surface area contributed by atoms with Crippen LogP contribution in [0.3, 0.4) is 0 Å². The minimum Gasteiger partial charge on any atom is -0.371 e. The molecule has 0 aromatic heterocycles. The van der Waals surface area contributed by atoms with Crippen molar-refractivity contribution in [3.05, 3.63) is 65.2 Å². The molecule has 1 heterocycles. The third-order valence-electron chi connectivity index (χ3n) is 7.91. The van der Waals surface area contributed by atoms with E-state index in [-0.39, 0.29) is 35.3 Å². The summed E-state index contributed by atoms with van der Waals surface area (Å²) in [6.45, 7) is 2.36. The Morgan fingerprint density at radius 2 is 1.88 bits per heavy atom. The summed E-state index contributed by atoms with van der Waals surface area (Å²) in [7, 11) is -4.07. The molecule has 2 fully saturated rings. The third kappa shape index (κ3) is 3.95. The van der Waals surface area contributed by atoms with Gasteiger partial charge in [0.05, 0.1) is 12.0 Å². The van der Waals surface area contributed by atoms with Crippen molar-refractivity contribution in [1.29, 1.82) is 0 Å². The number of imide groups is 1. The molecule has 0 radical (unpaired) electrons. The lowest BCUT2D eigenvalue weighted by molar-refractivity contribution is -0.168. The SMILES string of the molecule is C[C@]12CCC3c4ccc(OS(N)(=O)=O)cc4CCC3C1CC(=O)N(Cc1ccccc1)C2=O. The number of nitrogens with zero attached hydrogens (tertiary/aromatic N) is 1. The molecule has 1 saturated heterocycles. The van der Waals surface area contributed by atoms with Crippen molar-refractivity contribution in [1.82, 2.24) is 4.90 Å². The fourth-order valence-corrected chi connectivity index (χ4v) is 6.72. The van der Waals surface area contributed by atoms with E-state index in [9.17, 15) is 18.0 Å². The quantitative estimate of drug-likeness (QED) is 0.693.